The summed E-state index contributed by atoms with van der Waals surface area (Å²) in [6, 6.07) is 11.0. The number of allylic oxidation sites excluding steroid dienone is 2. The molecule has 0 saturated carbocycles. The van der Waals surface area contributed by atoms with Crippen molar-refractivity contribution in [2.24, 2.45) is 7.05 Å². The van der Waals surface area contributed by atoms with E-state index in [0.717, 1.165) is 18.6 Å². The molecule has 1 aromatic heterocycles. The second kappa shape index (κ2) is 6.05. The van der Waals surface area contributed by atoms with Crippen molar-refractivity contribution in [2.45, 2.75) is 46.1 Å². The van der Waals surface area contributed by atoms with Crippen LogP contribution in [0.25, 0.3) is 27.9 Å². The van der Waals surface area contributed by atoms with E-state index >= 15 is 0 Å². The summed E-state index contributed by atoms with van der Waals surface area (Å²) in [5, 5.41) is 2.61. The van der Waals surface area contributed by atoms with E-state index in [2.05, 4.69) is 87.9 Å². The molecular formula is C24H27NO. The molecule has 2 heterocycles. The first-order chi connectivity index (χ1) is 12.4. The third-order valence-corrected chi connectivity index (χ3v) is 5.46. The molecule has 0 amide bonds. The van der Waals surface area contributed by atoms with Crippen LogP contribution in [0.2, 0.25) is 0 Å². The van der Waals surface area contributed by atoms with Crippen molar-refractivity contribution in [1.82, 2.24) is 4.57 Å². The Morgan fingerprint density at radius 3 is 2.73 bits per heavy atom. The van der Waals surface area contributed by atoms with E-state index in [0.29, 0.717) is 0 Å². The molecule has 134 valence electrons. The lowest BCUT2D eigenvalue weighted by molar-refractivity contribution is 0.129. The van der Waals surface area contributed by atoms with Gasteiger partial charge in [-0.05, 0) is 77.0 Å². The molecule has 1 aliphatic rings. The molecule has 3 aromatic rings. The topological polar surface area (TPSA) is 14.2 Å². The van der Waals surface area contributed by atoms with Crippen molar-refractivity contribution in [2.75, 3.05) is 0 Å². The summed E-state index contributed by atoms with van der Waals surface area (Å²) in [6.45, 7) is 8.62. The molecule has 0 bridgehead atoms. The van der Waals surface area contributed by atoms with Gasteiger partial charge in [0.15, 0.2) is 0 Å². The Morgan fingerprint density at radius 2 is 1.96 bits per heavy atom. The second-order valence-electron chi connectivity index (χ2n) is 8.02. The zero-order valence-electron chi connectivity index (χ0n) is 16.4. The van der Waals surface area contributed by atoms with Crippen molar-refractivity contribution in [3.8, 4) is 5.75 Å². The van der Waals surface area contributed by atoms with Gasteiger partial charge in [-0.2, -0.15) is 0 Å². The van der Waals surface area contributed by atoms with Crippen molar-refractivity contribution in [1.29, 1.82) is 0 Å². The summed E-state index contributed by atoms with van der Waals surface area (Å²) in [5.41, 5.74) is 6.13. The highest BCUT2D eigenvalue weighted by molar-refractivity contribution is 6.11. The van der Waals surface area contributed by atoms with Crippen molar-refractivity contribution in [3.05, 3.63) is 59.2 Å². The number of aromatic nitrogens is 1. The van der Waals surface area contributed by atoms with Gasteiger partial charge in [-0.3, -0.25) is 0 Å². The first kappa shape index (κ1) is 17.0. The minimum Gasteiger partial charge on any atom is -0.483 e. The van der Waals surface area contributed by atoms with Crippen LogP contribution in [0.4, 0.5) is 0 Å². The van der Waals surface area contributed by atoms with Gasteiger partial charge in [0.05, 0.1) is 5.52 Å². The van der Waals surface area contributed by atoms with Crippen molar-refractivity contribution >= 4 is 27.9 Å². The SMILES string of the molecule is CC(C)=CCC[C@@]1(C)C=Cc2c(ccc3c4cc(C)ccc4n(C)c23)O1. The zero-order valence-corrected chi connectivity index (χ0v) is 16.4. The molecule has 0 aliphatic carbocycles. The monoisotopic (exact) mass is 345 g/mol. The Hall–Kier alpha value is -2.48. The highest BCUT2D eigenvalue weighted by atomic mass is 16.5. The second-order valence-corrected chi connectivity index (χ2v) is 8.02. The quantitative estimate of drug-likeness (QED) is 0.491. The molecule has 0 spiro atoms. The highest BCUT2D eigenvalue weighted by Crippen LogP contribution is 2.40. The van der Waals surface area contributed by atoms with Crippen molar-refractivity contribution < 1.29 is 4.74 Å². The molecule has 2 nitrogen and oxygen atoms in total. The Bertz CT molecular complexity index is 1060. The van der Waals surface area contributed by atoms with E-state index in [1.54, 1.807) is 0 Å². The van der Waals surface area contributed by atoms with Gasteiger partial charge in [-0.15, -0.1) is 0 Å². The lowest BCUT2D eigenvalue weighted by Gasteiger charge is -2.32. The molecule has 2 aromatic carbocycles. The van der Waals surface area contributed by atoms with Crippen LogP contribution in [0.15, 0.2) is 48.1 Å². The molecule has 0 fully saturated rings. The summed E-state index contributed by atoms with van der Waals surface area (Å²) in [4.78, 5) is 0. The average Bonchev–Trinajstić information content (AvgIpc) is 2.86. The normalized spacial score (nSPS) is 18.8. The minimum atomic E-state index is -0.242. The van der Waals surface area contributed by atoms with Gasteiger partial charge in [0, 0.05) is 28.9 Å². The third kappa shape index (κ3) is 2.74. The molecule has 1 atom stereocenters. The Balaban J connectivity index is 1.80. The van der Waals surface area contributed by atoms with E-state index in [1.807, 2.05) is 0 Å². The standard InChI is InChI=1S/C24H27NO/c1-16(2)7-6-13-24(4)14-12-19-22(26-24)11-9-18-20-15-17(3)8-10-21(20)25(5)23(18)19/h7-12,14-15H,6,13H2,1-5H3/t24-/m0/s1. The number of fused-ring (bicyclic) bond motifs is 5. The van der Waals surface area contributed by atoms with Crippen LogP contribution >= 0.6 is 0 Å². The highest BCUT2D eigenvalue weighted by Gasteiger charge is 2.28. The number of nitrogens with zero attached hydrogens (tertiary/aromatic N) is 1. The molecule has 4 rings (SSSR count). The number of hydrogen-bond acceptors (Lipinski definition) is 1. The lowest BCUT2D eigenvalue weighted by atomic mass is 9.94. The zero-order chi connectivity index (χ0) is 18.5. The maximum atomic E-state index is 6.45. The average molecular weight is 345 g/mol. The van der Waals surface area contributed by atoms with Crippen LogP contribution in [-0.2, 0) is 7.05 Å². The maximum Gasteiger partial charge on any atom is 0.129 e. The van der Waals surface area contributed by atoms with Crippen LogP contribution in [-0.4, -0.2) is 10.2 Å². The third-order valence-electron chi connectivity index (χ3n) is 5.46. The first-order valence-electron chi connectivity index (χ1n) is 9.41. The van der Waals surface area contributed by atoms with E-state index in [9.17, 15) is 0 Å². The summed E-state index contributed by atoms with van der Waals surface area (Å²) in [6.07, 6.45) is 8.80. The largest absolute Gasteiger partial charge is 0.483 e. The summed E-state index contributed by atoms with van der Waals surface area (Å²) >= 11 is 0. The Labute approximate surface area is 155 Å². The number of ether oxygens (including phenoxy) is 1. The van der Waals surface area contributed by atoms with Gasteiger partial charge in [0.2, 0.25) is 0 Å². The van der Waals surface area contributed by atoms with Gasteiger partial charge in [-0.1, -0.05) is 23.3 Å². The van der Waals surface area contributed by atoms with Crippen LogP contribution in [0, 0.1) is 6.92 Å². The molecule has 26 heavy (non-hydrogen) atoms. The van der Waals surface area contributed by atoms with Gasteiger partial charge >= 0.3 is 0 Å². The molecule has 0 radical (unpaired) electrons. The fourth-order valence-corrected chi connectivity index (χ4v) is 4.02. The molecule has 2 heteroatoms. The van der Waals surface area contributed by atoms with E-state index in [1.165, 1.54) is 38.5 Å². The molecule has 1 aliphatic heterocycles. The number of rotatable bonds is 3. The van der Waals surface area contributed by atoms with Crippen LogP contribution in [0.3, 0.4) is 0 Å². The van der Waals surface area contributed by atoms with Crippen LogP contribution < -0.4 is 4.74 Å². The van der Waals surface area contributed by atoms with Gasteiger partial charge in [0.1, 0.15) is 11.4 Å². The van der Waals surface area contributed by atoms with Crippen molar-refractivity contribution in [3.63, 3.8) is 0 Å². The van der Waals surface area contributed by atoms with Gasteiger partial charge in [0.25, 0.3) is 0 Å². The summed E-state index contributed by atoms with van der Waals surface area (Å²) < 4.78 is 8.75. The number of benzene rings is 2. The fourth-order valence-electron chi connectivity index (χ4n) is 4.02. The predicted octanol–water partition coefficient (Wildman–Crippen LogP) is 6.55. The summed E-state index contributed by atoms with van der Waals surface area (Å²) in [5.74, 6) is 0.988. The maximum absolute atomic E-state index is 6.45. The fraction of sp³-hybridized carbons (Fsp3) is 0.333. The molecule has 0 unspecified atom stereocenters. The van der Waals surface area contributed by atoms with E-state index < -0.39 is 0 Å². The van der Waals surface area contributed by atoms with Gasteiger partial charge < -0.3 is 9.30 Å². The van der Waals surface area contributed by atoms with E-state index in [-0.39, 0.29) is 5.60 Å². The van der Waals surface area contributed by atoms with Crippen LogP contribution in [0.5, 0.6) is 5.75 Å². The molecule has 0 saturated heterocycles. The Morgan fingerprint density at radius 1 is 1.15 bits per heavy atom. The lowest BCUT2D eigenvalue weighted by Crippen LogP contribution is -2.31. The molecular weight excluding hydrogens is 318 g/mol. The minimum absolute atomic E-state index is 0.242. The number of hydrogen-bond donors (Lipinski definition) is 0. The molecule has 0 N–H and O–H groups in total. The smallest absolute Gasteiger partial charge is 0.129 e. The Kier molecular flexibility index (Phi) is 3.95. The van der Waals surface area contributed by atoms with Gasteiger partial charge in [-0.25, -0.2) is 0 Å². The summed E-state index contributed by atoms with van der Waals surface area (Å²) in [7, 11) is 2.15. The van der Waals surface area contributed by atoms with E-state index in [4.69, 9.17) is 4.74 Å². The number of aryl methyl sites for hydroxylation is 2. The van der Waals surface area contributed by atoms with Crippen LogP contribution in [0.1, 0.15) is 44.7 Å². The predicted molar refractivity (Wildman–Crippen MR) is 112 cm³/mol. The first-order valence-corrected chi connectivity index (χ1v) is 9.41.